The van der Waals surface area contributed by atoms with Gasteiger partial charge in [-0.3, -0.25) is 0 Å². The normalized spacial score (nSPS) is 16.0. The molecular formula is C43H32N2S2. The maximum Gasteiger partial charge on any atom is 0.0643 e. The van der Waals surface area contributed by atoms with Crippen molar-refractivity contribution < 1.29 is 0 Å². The van der Waals surface area contributed by atoms with Crippen molar-refractivity contribution in [2.24, 2.45) is 0 Å². The van der Waals surface area contributed by atoms with Crippen molar-refractivity contribution in [2.75, 3.05) is 9.80 Å². The van der Waals surface area contributed by atoms with Crippen LogP contribution in [-0.4, -0.2) is 5.54 Å². The summed E-state index contributed by atoms with van der Waals surface area (Å²) in [6, 6.07) is 50.9. The van der Waals surface area contributed by atoms with Crippen LogP contribution in [0.3, 0.4) is 0 Å². The molecular weight excluding hydrogens is 609 g/mol. The Hall–Kier alpha value is -5.16. The molecule has 8 aromatic rings. The lowest BCUT2D eigenvalue weighted by molar-refractivity contribution is 0.571. The molecule has 0 saturated heterocycles. The number of nitrogens with zero attached hydrogens (tertiary/aromatic N) is 2. The predicted octanol–water partition coefficient (Wildman–Crippen LogP) is 13.3. The third kappa shape index (κ3) is 4.75. The number of allylic oxidation sites excluding steroid dienone is 2. The molecule has 9 rings (SSSR count). The first-order valence-corrected chi connectivity index (χ1v) is 17.7. The Balaban J connectivity index is 1.22. The number of anilines is 5. The van der Waals surface area contributed by atoms with Crippen molar-refractivity contribution in [1.82, 2.24) is 0 Å². The predicted molar refractivity (Wildman–Crippen MR) is 207 cm³/mol. The van der Waals surface area contributed by atoms with Gasteiger partial charge in [0.25, 0.3) is 0 Å². The first-order chi connectivity index (χ1) is 23.2. The van der Waals surface area contributed by atoms with Crippen molar-refractivity contribution in [2.45, 2.75) is 18.9 Å². The van der Waals surface area contributed by atoms with Crippen LogP contribution in [0.2, 0.25) is 0 Å². The van der Waals surface area contributed by atoms with E-state index in [-0.39, 0.29) is 5.54 Å². The molecule has 0 N–H and O–H groups in total. The van der Waals surface area contributed by atoms with Gasteiger partial charge in [0.2, 0.25) is 0 Å². The van der Waals surface area contributed by atoms with E-state index in [1.807, 2.05) is 22.7 Å². The Kier molecular flexibility index (Phi) is 6.74. The molecule has 4 heteroatoms. The Morgan fingerprint density at radius 2 is 1.19 bits per heavy atom. The SMILES string of the molecule is CC1(N(c2ccc3c(c2)sc2ccc(N(c4ccccc4)c4ccccc4)cc23)c2cccc3sc4ccccc4c23)C=CC=CC1. The van der Waals surface area contributed by atoms with Crippen molar-refractivity contribution >= 4 is 91.5 Å². The van der Waals surface area contributed by atoms with Gasteiger partial charge < -0.3 is 9.80 Å². The lowest BCUT2D eigenvalue weighted by Crippen LogP contribution is -2.42. The Morgan fingerprint density at radius 3 is 1.96 bits per heavy atom. The summed E-state index contributed by atoms with van der Waals surface area (Å²) in [7, 11) is 0. The molecule has 2 nitrogen and oxygen atoms in total. The second-order valence-electron chi connectivity index (χ2n) is 12.4. The molecule has 1 atom stereocenters. The molecule has 0 spiro atoms. The fourth-order valence-electron chi connectivity index (χ4n) is 7.17. The van der Waals surface area contributed by atoms with Gasteiger partial charge in [0, 0.05) is 63.1 Å². The van der Waals surface area contributed by atoms with Gasteiger partial charge in [-0.2, -0.15) is 0 Å². The minimum absolute atomic E-state index is 0.213. The highest BCUT2D eigenvalue weighted by atomic mass is 32.1. The molecule has 226 valence electrons. The molecule has 1 aliphatic carbocycles. The highest BCUT2D eigenvalue weighted by molar-refractivity contribution is 7.26. The smallest absolute Gasteiger partial charge is 0.0643 e. The fraction of sp³-hybridized carbons (Fsp3) is 0.0698. The van der Waals surface area contributed by atoms with Crippen molar-refractivity contribution in [3.8, 4) is 0 Å². The first-order valence-electron chi connectivity index (χ1n) is 16.1. The van der Waals surface area contributed by atoms with E-state index in [0.717, 1.165) is 23.5 Å². The summed E-state index contributed by atoms with van der Waals surface area (Å²) in [4.78, 5) is 4.92. The Bertz CT molecular complexity index is 2430. The fourth-order valence-corrected chi connectivity index (χ4v) is 9.41. The van der Waals surface area contributed by atoms with Crippen LogP contribution in [0, 0.1) is 0 Å². The first kappa shape index (κ1) is 28.1. The molecule has 2 aromatic heterocycles. The topological polar surface area (TPSA) is 6.48 Å². The summed E-state index contributed by atoms with van der Waals surface area (Å²) in [6.45, 7) is 2.36. The zero-order valence-electron chi connectivity index (χ0n) is 26.0. The van der Waals surface area contributed by atoms with Crippen LogP contribution in [0.15, 0.2) is 164 Å². The zero-order chi connectivity index (χ0) is 31.4. The minimum Gasteiger partial charge on any atom is -0.331 e. The van der Waals surface area contributed by atoms with E-state index in [1.165, 1.54) is 51.7 Å². The molecule has 0 saturated carbocycles. The van der Waals surface area contributed by atoms with Gasteiger partial charge in [0.05, 0.1) is 11.2 Å². The Labute approximate surface area is 282 Å². The van der Waals surface area contributed by atoms with Gasteiger partial charge in [0.15, 0.2) is 0 Å². The second-order valence-corrected chi connectivity index (χ2v) is 14.6. The quantitative estimate of drug-likeness (QED) is 0.178. The van der Waals surface area contributed by atoms with E-state index >= 15 is 0 Å². The van der Waals surface area contributed by atoms with Crippen molar-refractivity contribution in [1.29, 1.82) is 0 Å². The van der Waals surface area contributed by atoms with Gasteiger partial charge in [-0.25, -0.2) is 0 Å². The number of para-hydroxylation sites is 2. The maximum atomic E-state index is 2.58. The summed E-state index contributed by atoms with van der Waals surface area (Å²) in [5, 5.41) is 5.24. The number of hydrogen-bond acceptors (Lipinski definition) is 4. The van der Waals surface area contributed by atoms with E-state index in [2.05, 4.69) is 181 Å². The average molecular weight is 641 g/mol. The minimum atomic E-state index is -0.213. The van der Waals surface area contributed by atoms with Crippen LogP contribution >= 0.6 is 22.7 Å². The lowest BCUT2D eigenvalue weighted by atomic mass is 9.89. The van der Waals surface area contributed by atoms with Crippen molar-refractivity contribution in [3.05, 3.63) is 164 Å². The molecule has 6 aromatic carbocycles. The summed E-state index contributed by atoms with van der Waals surface area (Å²) in [6.07, 6.45) is 9.96. The summed E-state index contributed by atoms with van der Waals surface area (Å²) < 4.78 is 5.25. The van der Waals surface area contributed by atoms with Crippen LogP contribution in [0.25, 0.3) is 40.3 Å². The van der Waals surface area contributed by atoms with Gasteiger partial charge in [-0.1, -0.05) is 91.0 Å². The lowest BCUT2D eigenvalue weighted by Gasteiger charge is -2.42. The van der Waals surface area contributed by atoms with E-state index in [9.17, 15) is 0 Å². The molecule has 0 bridgehead atoms. The van der Waals surface area contributed by atoms with E-state index in [4.69, 9.17) is 0 Å². The highest BCUT2D eigenvalue weighted by Crippen LogP contribution is 2.48. The number of benzene rings is 6. The standard InChI is InChI=1S/C43H32N2S2/c1-43(26-11-4-12-27-43)45(37-19-13-21-40-42(37)35-18-9-10-20-38(35)46-40)33-22-24-34-36-28-32(23-25-39(36)47-41(34)29-33)44(30-14-5-2-6-15-30)31-16-7-3-8-17-31/h2-26,28-29H,27H2,1H3. The second kappa shape index (κ2) is 11.3. The van der Waals surface area contributed by atoms with Crippen molar-refractivity contribution in [3.63, 3.8) is 0 Å². The summed E-state index contributed by atoms with van der Waals surface area (Å²) >= 11 is 3.76. The third-order valence-electron chi connectivity index (χ3n) is 9.35. The maximum absolute atomic E-state index is 2.58. The molecule has 0 radical (unpaired) electrons. The van der Waals surface area contributed by atoms with Gasteiger partial charge in [-0.15, -0.1) is 22.7 Å². The summed E-state index contributed by atoms with van der Waals surface area (Å²) in [5.41, 5.74) is 5.70. The van der Waals surface area contributed by atoms with Gasteiger partial charge >= 0.3 is 0 Å². The summed E-state index contributed by atoms with van der Waals surface area (Å²) in [5.74, 6) is 0. The largest absolute Gasteiger partial charge is 0.331 e. The zero-order valence-corrected chi connectivity index (χ0v) is 27.6. The van der Waals surface area contributed by atoms with E-state index in [0.29, 0.717) is 0 Å². The van der Waals surface area contributed by atoms with Gasteiger partial charge in [-0.05, 0) is 86.1 Å². The number of fused-ring (bicyclic) bond motifs is 6. The monoisotopic (exact) mass is 640 g/mol. The van der Waals surface area contributed by atoms with Crippen LogP contribution in [-0.2, 0) is 0 Å². The van der Waals surface area contributed by atoms with E-state index < -0.39 is 0 Å². The van der Waals surface area contributed by atoms with Crippen LogP contribution in [0.1, 0.15) is 13.3 Å². The molecule has 0 amide bonds. The molecule has 0 aliphatic heterocycles. The molecule has 0 fully saturated rings. The molecule has 47 heavy (non-hydrogen) atoms. The third-order valence-corrected chi connectivity index (χ3v) is 11.6. The Morgan fingerprint density at radius 1 is 0.511 bits per heavy atom. The van der Waals surface area contributed by atoms with Gasteiger partial charge in [0.1, 0.15) is 0 Å². The number of rotatable bonds is 6. The van der Waals surface area contributed by atoms with E-state index in [1.54, 1.807) is 0 Å². The number of thiophene rings is 2. The van der Waals surface area contributed by atoms with Crippen LogP contribution < -0.4 is 9.80 Å². The highest BCUT2D eigenvalue weighted by Gasteiger charge is 2.33. The van der Waals surface area contributed by atoms with Crippen LogP contribution in [0.5, 0.6) is 0 Å². The molecule has 1 unspecified atom stereocenters. The number of hydrogen-bond donors (Lipinski definition) is 0. The molecule has 2 heterocycles. The van der Waals surface area contributed by atoms with Crippen LogP contribution in [0.4, 0.5) is 28.4 Å². The average Bonchev–Trinajstić information content (AvgIpc) is 3.68. The molecule has 1 aliphatic rings.